The summed E-state index contributed by atoms with van der Waals surface area (Å²) in [4.78, 5) is 0. The number of aromatic hydroxyl groups is 1. The van der Waals surface area contributed by atoms with E-state index >= 15 is 0 Å². The molecule has 1 aromatic carbocycles. The van der Waals surface area contributed by atoms with Crippen molar-refractivity contribution in [2.24, 2.45) is 7.05 Å². The van der Waals surface area contributed by atoms with E-state index in [0.29, 0.717) is 5.75 Å². The van der Waals surface area contributed by atoms with Crippen molar-refractivity contribution < 1.29 is 5.11 Å². The van der Waals surface area contributed by atoms with E-state index in [1.807, 2.05) is 38.5 Å². The Bertz CT molecular complexity index is 493. The van der Waals surface area contributed by atoms with Gasteiger partial charge < -0.3 is 10.4 Å². The predicted molar refractivity (Wildman–Crippen MR) is 66.8 cm³/mol. The van der Waals surface area contributed by atoms with Crippen LogP contribution in [0, 0.1) is 0 Å². The SMILES string of the molecule is CNC(Cc1cccc(O)c1)c1ccn(C)n1. The van der Waals surface area contributed by atoms with E-state index in [4.69, 9.17) is 0 Å². The second-order valence-corrected chi connectivity index (χ2v) is 4.13. The number of aryl methyl sites for hydroxylation is 1. The lowest BCUT2D eigenvalue weighted by atomic mass is 10.0. The van der Waals surface area contributed by atoms with Crippen molar-refractivity contribution in [2.75, 3.05) is 7.05 Å². The van der Waals surface area contributed by atoms with E-state index in [0.717, 1.165) is 17.7 Å². The molecule has 1 atom stereocenters. The van der Waals surface area contributed by atoms with E-state index in [2.05, 4.69) is 10.4 Å². The minimum atomic E-state index is 0.165. The molecule has 0 bridgehead atoms. The Hall–Kier alpha value is -1.81. The Morgan fingerprint density at radius 1 is 1.41 bits per heavy atom. The minimum absolute atomic E-state index is 0.165. The minimum Gasteiger partial charge on any atom is -0.508 e. The Kier molecular flexibility index (Phi) is 3.44. The molecule has 1 aromatic heterocycles. The smallest absolute Gasteiger partial charge is 0.115 e. The molecule has 4 nitrogen and oxygen atoms in total. The monoisotopic (exact) mass is 231 g/mol. The van der Waals surface area contributed by atoms with Crippen LogP contribution in [0.2, 0.25) is 0 Å². The molecule has 0 spiro atoms. The van der Waals surface area contributed by atoms with Gasteiger partial charge in [0.1, 0.15) is 5.75 Å². The summed E-state index contributed by atoms with van der Waals surface area (Å²) in [5.74, 6) is 0.304. The van der Waals surface area contributed by atoms with E-state index in [-0.39, 0.29) is 6.04 Å². The summed E-state index contributed by atoms with van der Waals surface area (Å²) in [6, 6.07) is 9.50. The molecule has 2 aromatic rings. The molecule has 4 heteroatoms. The number of nitrogens with zero attached hydrogens (tertiary/aromatic N) is 2. The maximum atomic E-state index is 9.43. The normalized spacial score (nSPS) is 12.6. The lowest BCUT2D eigenvalue weighted by Gasteiger charge is -2.13. The maximum absolute atomic E-state index is 9.43. The van der Waals surface area contributed by atoms with Crippen molar-refractivity contribution in [3.63, 3.8) is 0 Å². The van der Waals surface area contributed by atoms with Gasteiger partial charge in [-0.05, 0) is 37.2 Å². The molecule has 0 aliphatic heterocycles. The van der Waals surface area contributed by atoms with Crippen molar-refractivity contribution in [2.45, 2.75) is 12.5 Å². The van der Waals surface area contributed by atoms with Crippen molar-refractivity contribution >= 4 is 0 Å². The second-order valence-electron chi connectivity index (χ2n) is 4.13. The van der Waals surface area contributed by atoms with Gasteiger partial charge in [-0.15, -0.1) is 0 Å². The summed E-state index contributed by atoms with van der Waals surface area (Å²) in [6.07, 6.45) is 2.74. The van der Waals surface area contributed by atoms with Crippen molar-refractivity contribution in [1.29, 1.82) is 0 Å². The molecule has 0 amide bonds. The summed E-state index contributed by atoms with van der Waals surface area (Å²) in [5.41, 5.74) is 2.10. The van der Waals surface area contributed by atoms with Gasteiger partial charge in [0.25, 0.3) is 0 Å². The van der Waals surface area contributed by atoms with E-state index in [1.54, 1.807) is 16.8 Å². The third-order valence-electron chi connectivity index (χ3n) is 2.79. The van der Waals surface area contributed by atoms with Crippen molar-refractivity contribution in [1.82, 2.24) is 15.1 Å². The first-order valence-electron chi connectivity index (χ1n) is 5.64. The van der Waals surface area contributed by atoms with Crippen LogP contribution < -0.4 is 5.32 Å². The summed E-state index contributed by atoms with van der Waals surface area (Å²) < 4.78 is 1.79. The lowest BCUT2D eigenvalue weighted by molar-refractivity contribution is 0.473. The Balaban J connectivity index is 2.15. The van der Waals surface area contributed by atoms with Gasteiger partial charge in [-0.2, -0.15) is 5.10 Å². The molecule has 90 valence electrons. The molecule has 2 N–H and O–H groups in total. The quantitative estimate of drug-likeness (QED) is 0.841. The number of hydrogen-bond acceptors (Lipinski definition) is 3. The largest absolute Gasteiger partial charge is 0.508 e. The molecular weight excluding hydrogens is 214 g/mol. The van der Waals surface area contributed by atoms with Crippen LogP contribution in [0.4, 0.5) is 0 Å². The number of aromatic nitrogens is 2. The number of nitrogens with one attached hydrogen (secondary N) is 1. The van der Waals surface area contributed by atoms with Gasteiger partial charge in [-0.25, -0.2) is 0 Å². The van der Waals surface area contributed by atoms with Gasteiger partial charge in [-0.3, -0.25) is 4.68 Å². The third kappa shape index (κ3) is 2.85. The number of likely N-dealkylation sites (N-methyl/N-ethyl adjacent to an activating group) is 1. The number of benzene rings is 1. The highest BCUT2D eigenvalue weighted by molar-refractivity contribution is 5.28. The fourth-order valence-corrected chi connectivity index (χ4v) is 1.89. The fourth-order valence-electron chi connectivity index (χ4n) is 1.89. The maximum Gasteiger partial charge on any atom is 0.115 e. The Labute approximate surface area is 101 Å². The van der Waals surface area contributed by atoms with Crippen LogP contribution in [0.3, 0.4) is 0 Å². The van der Waals surface area contributed by atoms with Crippen LogP contribution in [-0.2, 0) is 13.5 Å². The second kappa shape index (κ2) is 5.01. The zero-order valence-corrected chi connectivity index (χ0v) is 10.1. The number of hydrogen-bond donors (Lipinski definition) is 2. The van der Waals surface area contributed by atoms with E-state index in [1.165, 1.54) is 0 Å². The number of rotatable bonds is 4. The zero-order chi connectivity index (χ0) is 12.3. The highest BCUT2D eigenvalue weighted by Crippen LogP contribution is 2.19. The van der Waals surface area contributed by atoms with Gasteiger partial charge in [0.15, 0.2) is 0 Å². The molecule has 2 rings (SSSR count). The molecular formula is C13H17N3O. The molecule has 0 saturated carbocycles. The first-order chi connectivity index (χ1) is 8.19. The predicted octanol–water partition coefficient (Wildman–Crippen LogP) is 1.63. The van der Waals surface area contributed by atoms with Gasteiger partial charge in [0.2, 0.25) is 0 Å². The summed E-state index contributed by atoms with van der Waals surface area (Å²) in [7, 11) is 3.83. The summed E-state index contributed by atoms with van der Waals surface area (Å²) in [5, 5.41) is 17.1. The van der Waals surface area contributed by atoms with Crippen molar-refractivity contribution in [3.05, 3.63) is 47.8 Å². The number of phenolic OH excluding ortho intramolecular Hbond substituents is 1. The average Bonchev–Trinajstić information content (AvgIpc) is 2.73. The molecule has 0 aliphatic carbocycles. The van der Waals surface area contributed by atoms with Gasteiger partial charge >= 0.3 is 0 Å². The van der Waals surface area contributed by atoms with Gasteiger partial charge in [0, 0.05) is 13.2 Å². The standard InChI is InChI=1S/C13H17N3O/c1-14-13(12-6-7-16(2)15-12)9-10-4-3-5-11(17)8-10/h3-8,13-14,17H,9H2,1-2H3. The lowest BCUT2D eigenvalue weighted by Crippen LogP contribution is -2.19. The molecule has 0 radical (unpaired) electrons. The van der Waals surface area contributed by atoms with Crippen LogP contribution in [0.15, 0.2) is 36.5 Å². The fraction of sp³-hybridized carbons (Fsp3) is 0.308. The third-order valence-corrected chi connectivity index (χ3v) is 2.79. The first kappa shape index (κ1) is 11.7. The Morgan fingerprint density at radius 3 is 2.82 bits per heavy atom. The first-order valence-corrected chi connectivity index (χ1v) is 5.64. The average molecular weight is 231 g/mol. The van der Waals surface area contributed by atoms with Crippen LogP contribution in [0.5, 0.6) is 5.75 Å². The van der Waals surface area contributed by atoms with Crippen molar-refractivity contribution in [3.8, 4) is 5.75 Å². The Morgan fingerprint density at radius 2 is 2.24 bits per heavy atom. The highest BCUT2D eigenvalue weighted by Gasteiger charge is 2.12. The highest BCUT2D eigenvalue weighted by atomic mass is 16.3. The molecule has 17 heavy (non-hydrogen) atoms. The molecule has 0 saturated heterocycles. The topological polar surface area (TPSA) is 50.1 Å². The molecule has 0 aliphatic rings. The van der Waals surface area contributed by atoms with E-state index < -0.39 is 0 Å². The molecule has 0 fully saturated rings. The van der Waals surface area contributed by atoms with Gasteiger partial charge in [0.05, 0.1) is 11.7 Å². The van der Waals surface area contributed by atoms with E-state index in [9.17, 15) is 5.11 Å². The van der Waals surface area contributed by atoms with Crippen LogP contribution in [0.25, 0.3) is 0 Å². The van der Waals surface area contributed by atoms with Crippen LogP contribution >= 0.6 is 0 Å². The zero-order valence-electron chi connectivity index (χ0n) is 10.1. The van der Waals surface area contributed by atoms with Gasteiger partial charge in [-0.1, -0.05) is 12.1 Å². The summed E-state index contributed by atoms with van der Waals surface area (Å²) >= 11 is 0. The van der Waals surface area contributed by atoms with Crippen LogP contribution in [0.1, 0.15) is 17.3 Å². The molecule has 1 unspecified atom stereocenters. The summed E-state index contributed by atoms with van der Waals surface area (Å²) in [6.45, 7) is 0. The van der Waals surface area contributed by atoms with Crippen LogP contribution in [-0.4, -0.2) is 21.9 Å². The number of phenols is 1. The molecule has 1 heterocycles.